The first kappa shape index (κ1) is 36.3. The molecule has 2 aromatic heterocycles. The highest BCUT2D eigenvalue weighted by atomic mass is 15.0. The van der Waals surface area contributed by atoms with E-state index in [2.05, 4.69) is 241 Å². The fraction of sp³-hybridized carbons (Fsp3) is 0.0476. The van der Waals surface area contributed by atoms with Crippen molar-refractivity contribution in [1.82, 2.24) is 9.13 Å². The normalized spacial score (nSPS) is 13.2. The van der Waals surface area contributed by atoms with E-state index in [1.807, 2.05) is 0 Å². The van der Waals surface area contributed by atoms with Crippen molar-refractivity contribution < 1.29 is 0 Å². The summed E-state index contributed by atoms with van der Waals surface area (Å²) in [7, 11) is 0. The predicted molar refractivity (Wildman–Crippen MR) is 276 cm³/mol. The van der Waals surface area contributed by atoms with Gasteiger partial charge in [-0.2, -0.15) is 0 Å². The van der Waals surface area contributed by atoms with Crippen LogP contribution < -0.4 is 0 Å². The molecule has 0 radical (unpaired) electrons. The molecule has 0 unspecified atom stereocenters. The van der Waals surface area contributed by atoms with Crippen molar-refractivity contribution in [2.24, 2.45) is 0 Å². The molecule has 0 saturated heterocycles. The molecule has 2 heterocycles. The molecular formula is C63H42N2. The van der Waals surface area contributed by atoms with E-state index >= 15 is 0 Å². The number of nitrogens with zero attached hydrogens (tertiary/aromatic N) is 2. The minimum atomic E-state index is -0.142. The molecule has 0 aliphatic heterocycles. The van der Waals surface area contributed by atoms with E-state index in [1.54, 1.807) is 0 Å². The van der Waals surface area contributed by atoms with E-state index in [4.69, 9.17) is 0 Å². The smallest absolute Gasteiger partial charge is 0.0541 e. The van der Waals surface area contributed by atoms with Crippen LogP contribution in [-0.2, 0) is 5.41 Å². The van der Waals surface area contributed by atoms with Gasteiger partial charge >= 0.3 is 0 Å². The number of benzene rings is 11. The molecule has 0 atom stereocenters. The van der Waals surface area contributed by atoms with Gasteiger partial charge in [0.15, 0.2) is 0 Å². The predicted octanol–water partition coefficient (Wildman–Crippen LogP) is 17.0. The van der Waals surface area contributed by atoms with E-state index in [0.717, 1.165) is 11.4 Å². The van der Waals surface area contributed by atoms with Crippen molar-refractivity contribution in [2.75, 3.05) is 0 Å². The van der Waals surface area contributed by atoms with Gasteiger partial charge in [0.1, 0.15) is 0 Å². The van der Waals surface area contributed by atoms with Gasteiger partial charge in [0.2, 0.25) is 0 Å². The Kier molecular flexibility index (Phi) is 7.49. The van der Waals surface area contributed by atoms with Crippen LogP contribution in [0.5, 0.6) is 0 Å². The van der Waals surface area contributed by atoms with E-state index in [1.165, 1.54) is 120 Å². The number of hydrogen-bond donors (Lipinski definition) is 0. The summed E-state index contributed by atoms with van der Waals surface area (Å²) in [6.07, 6.45) is 0. The van der Waals surface area contributed by atoms with Gasteiger partial charge in [-0.25, -0.2) is 0 Å². The molecule has 2 heteroatoms. The summed E-state index contributed by atoms with van der Waals surface area (Å²) in [5.74, 6) is 0. The SMILES string of the molecule is CC1(C)c2ccccc2-c2c(-c3c4ccc(-n5c6ccccc6c6ccccc65)cc4c(-c4ccc5ccccc5c4)c4ccc(-n5c6ccccc6c6ccccc65)cc34)cccc21. The molecule has 2 nitrogen and oxygen atoms in total. The molecule has 65 heavy (non-hydrogen) atoms. The van der Waals surface area contributed by atoms with E-state index < -0.39 is 0 Å². The van der Waals surface area contributed by atoms with Crippen LogP contribution in [-0.4, -0.2) is 9.13 Å². The van der Waals surface area contributed by atoms with Gasteiger partial charge in [-0.1, -0.05) is 178 Å². The molecule has 0 saturated carbocycles. The Morgan fingerprint density at radius 3 is 1.35 bits per heavy atom. The number of rotatable bonds is 4. The monoisotopic (exact) mass is 826 g/mol. The third-order valence-electron chi connectivity index (χ3n) is 14.7. The molecule has 0 spiro atoms. The maximum atomic E-state index is 2.49. The molecule has 0 bridgehead atoms. The summed E-state index contributed by atoms with van der Waals surface area (Å²) in [5.41, 5.74) is 17.4. The van der Waals surface area contributed by atoms with E-state index in [-0.39, 0.29) is 5.41 Å². The third kappa shape index (κ3) is 5.05. The van der Waals surface area contributed by atoms with Crippen molar-refractivity contribution in [2.45, 2.75) is 19.3 Å². The highest BCUT2D eigenvalue weighted by molar-refractivity contribution is 6.24. The van der Waals surface area contributed by atoms with Gasteiger partial charge < -0.3 is 9.13 Å². The zero-order valence-corrected chi connectivity index (χ0v) is 36.2. The van der Waals surface area contributed by atoms with E-state index in [9.17, 15) is 0 Å². The van der Waals surface area contributed by atoms with Gasteiger partial charge in [-0.3, -0.25) is 0 Å². The summed E-state index contributed by atoms with van der Waals surface area (Å²) in [5, 5.41) is 12.4. The first-order chi connectivity index (χ1) is 32.0. The lowest BCUT2D eigenvalue weighted by molar-refractivity contribution is 0.660. The van der Waals surface area contributed by atoms with Crippen LogP contribution in [0.1, 0.15) is 25.0 Å². The summed E-state index contributed by atoms with van der Waals surface area (Å²) in [6.45, 7) is 4.78. The van der Waals surface area contributed by atoms with Gasteiger partial charge in [0.05, 0.1) is 22.1 Å². The molecule has 11 aromatic carbocycles. The van der Waals surface area contributed by atoms with Crippen LogP contribution in [0, 0.1) is 0 Å². The van der Waals surface area contributed by atoms with Crippen LogP contribution in [0.15, 0.2) is 218 Å². The van der Waals surface area contributed by atoms with Crippen LogP contribution in [0.3, 0.4) is 0 Å². The molecule has 1 aliphatic carbocycles. The lowest BCUT2D eigenvalue weighted by Crippen LogP contribution is -2.14. The number of hydrogen-bond acceptors (Lipinski definition) is 0. The van der Waals surface area contributed by atoms with Gasteiger partial charge in [0.25, 0.3) is 0 Å². The molecule has 0 fully saturated rings. The Hall–Kier alpha value is -8.20. The number of para-hydroxylation sites is 4. The van der Waals surface area contributed by atoms with Crippen LogP contribution in [0.25, 0.3) is 121 Å². The second kappa shape index (κ2) is 13.4. The molecule has 304 valence electrons. The molecule has 14 rings (SSSR count). The minimum Gasteiger partial charge on any atom is -0.309 e. The molecule has 0 N–H and O–H groups in total. The van der Waals surface area contributed by atoms with Crippen LogP contribution in [0.4, 0.5) is 0 Å². The summed E-state index contributed by atoms with van der Waals surface area (Å²) < 4.78 is 4.93. The van der Waals surface area contributed by atoms with Crippen molar-refractivity contribution in [3.8, 4) is 44.8 Å². The first-order valence-electron chi connectivity index (χ1n) is 22.8. The Labute approximate surface area is 376 Å². The van der Waals surface area contributed by atoms with Crippen molar-refractivity contribution in [3.05, 3.63) is 230 Å². The first-order valence-corrected chi connectivity index (χ1v) is 22.8. The molecule has 1 aliphatic rings. The van der Waals surface area contributed by atoms with Crippen LogP contribution >= 0.6 is 0 Å². The summed E-state index contributed by atoms with van der Waals surface area (Å²) in [4.78, 5) is 0. The van der Waals surface area contributed by atoms with Crippen molar-refractivity contribution in [1.29, 1.82) is 0 Å². The summed E-state index contributed by atoms with van der Waals surface area (Å²) >= 11 is 0. The number of aromatic nitrogens is 2. The topological polar surface area (TPSA) is 9.86 Å². The van der Waals surface area contributed by atoms with Crippen molar-refractivity contribution in [3.63, 3.8) is 0 Å². The quantitative estimate of drug-likeness (QED) is 0.156. The molecular weight excluding hydrogens is 785 g/mol. The Morgan fingerprint density at radius 1 is 0.292 bits per heavy atom. The maximum absolute atomic E-state index is 2.49. The van der Waals surface area contributed by atoms with Crippen molar-refractivity contribution >= 4 is 75.9 Å². The highest BCUT2D eigenvalue weighted by Crippen LogP contribution is 2.55. The highest BCUT2D eigenvalue weighted by Gasteiger charge is 2.37. The second-order valence-electron chi connectivity index (χ2n) is 18.4. The zero-order chi connectivity index (χ0) is 43.0. The van der Waals surface area contributed by atoms with Gasteiger partial charge in [-0.15, -0.1) is 0 Å². The average Bonchev–Trinajstić information content (AvgIpc) is 3.96. The molecule has 0 amide bonds. The fourth-order valence-electron chi connectivity index (χ4n) is 11.8. The van der Waals surface area contributed by atoms with E-state index in [0.29, 0.717) is 0 Å². The lowest BCUT2D eigenvalue weighted by atomic mass is 9.80. The van der Waals surface area contributed by atoms with Crippen LogP contribution in [0.2, 0.25) is 0 Å². The van der Waals surface area contributed by atoms with Gasteiger partial charge in [0, 0.05) is 38.3 Å². The maximum Gasteiger partial charge on any atom is 0.0541 e. The Bertz CT molecular complexity index is 4050. The Balaban J connectivity index is 1.17. The summed E-state index contributed by atoms with van der Waals surface area (Å²) in [6, 6.07) is 81.7. The Morgan fingerprint density at radius 2 is 0.754 bits per heavy atom. The number of fused-ring (bicyclic) bond motifs is 12. The largest absolute Gasteiger partial charge is 0.309 e. The second-order valence-corrected chi connectivity index (χ2v) is 18.4. The standard InChI is InChI=1S/C63H42N2/c1-63(2)54-24-10-5-22-50(54)62-51(23-15-25-55(62)63)61-49-35-33-42(64-56-26-11-6-18-44(56)45-19-7-12-27-57(45)64)37-52(49)60(41-31-30-39-16-3-4-17-40(39)36-41)48-34-32-43(38-53(48)61)65-58-28-13-8-20-46(58)47-21-9-14-29-59(47)65/h3-38H,1-2H3. The third-order valence-corrected chi connectivity index (χ3v) is 14.7. The minimum absolute atomic E-state index is 0.142. The average molecular weight is 827 g/mol. The van der Waals surface area contributed by atoms with Gasteiger partial charge in [-0.05, 0) is 131 Å². The lowest BCUT2D eigenvalue weighted by Gasteiger charge is -2.23. The fourth-order valence-corrected chi connectivity index (χ4v) is 11.8. The molecule has 13 aromatic rings. The zero-order valence-electron chi connectivity index (χ0n) is 36.2.